The molecule has 1 heterocycles. The van der Waals surface area contributed by atoms with Gasteiger partial charge in [0.1, 0.15) is 6.61 Å². The fourth-order valence-corrected chi connectivity index (χ4v) is 1.66. The standard InChI is InChI=1S/C17H18N2O2/c1-13(2)9-12-21-17(20)14-3-5-15(6-4-14)19-16-7-10-18-11-8-16/h3-11H,12H2,1-2H3,(H,18,19). The highest BCUT2D eigenvalue weighted by atomic mass is 16.5. The first-order valence-corrected chi connectivity index (χ1v) is 6.73. The molecular weight excluding hydrogens is 264 g/mol. The van der Waals surface area contributed by atoms with Crippen LogP contribution in [0.1, 0.15) is 24.2 Å². The molecule has 0 spiro atoms. The molecule has 0 atom stereocenters. The van der Waals surface area contributed by atoms with E-state index in [-0.39, 0.29) is 5.97 Å². The molecule has 0 aliphatic heterocycles. The Morgan fingerprint density at radius 3 is 2.33 bits per heavy atom. The van der Waals surface area contributed by atoms with E-state index in [1.165, 1.54) is 0 Å². The third-order valence-electron chi connectivity index (χ3n) is 2.80. The molecule has 0 unspecified atom stereocenters. The van der Waals surface area contributed by atoms with Crippen LogP contribution in [-0.4, -0.2) is 17.6 Å². The van der Waals surface area contributed by atoms with Crippen molar-refractivity contribution in [2.75, 3.05) is 11.9 Å². The first-order chi connectivity index (χ1) is 10.1. The zero-order valence-electron chi connectivity index (χ0n) is 12.2. The van der Waals surface area contributed by atoms with Gasteiger partial charge in [-0.25, -0.2) is 4.79 Å². The number of anilines is 2. The second-order valence-corrected chi connectivity index (χ2v) is 4.82. The Balaban J connectivity index is 1.95. The lowest BCUT2D eigenvalue weighted by atomic mass is 10.2. The number of nitrogens with one attached hydrogen (secondary N) is 1. The maximum absolute atomic E-state index is 11.8. The number of carbonyl (C=O) groups is 1. The molecule has 108 valence electrons. The Hall–Kier alpha value is -2.62. The zero-order chi connectivity index (χ0) is 15.1. The summed E-state index contributed by atoms with van der Waals surface area (Å²) in [4.78, 5) is 15.8. The van der Waals surface area contributed by atoms with Gasteiger partial charge in [-0.2, -0.15) is 0 Å². The molecule has 2 rings (SSSR count). The van der Waals surface area contributed by atoms with Gasteiger partial charge in [0.15, 0.2) is 0 Å². The minimum Gasteiger partial charge on any atom is -0.458 e. The molecule has 0 radical (unpaired) electrons. The number of hydrogen-bond donors (Lipinski definition) is 1. The van der Waals surface area contributed by atoms with E-state index in [0.29, 0.717) is 12.2 Å². The third kappa shape index (κ3) is 4.76. The van der Waals surface area contributed by atoms with Gasteiger partial charge in [0.25, 0.3) is 0 Å². The molecule has 4 heteroatoms. The third-order valence-corrected chi connectivity index (χ3v) is 2.80. The van der Waals surface area contributed by atoms with Crippen LogP contribution in [0.5, 0.6) is 0 Å². The minimum atomic E-state index is -0.317. The predicted octanol–water partition coefficient (Wildman–Crippen LogP) is 3.95. The minimum absolute atomic E-state index is 0.304. The van der Waals surface area contributed by atoms with Crippen molar-refractivity contribution in [2.45, 2.75) is 13.8 Å². The fraction of sp³-hybridized carbons (Fsp3) is 0.176. The molecular formula is C17H18N2O2. The SMILES string of the molecule is CC(C)=CCOC(=O)c1ccc(Nc2ccncc2)cc1. The van der Waals surface area contributed by atoms with E-state index < -0.39 is 0 Å². The first-order valence-electron chi connectivity index (χ1n) is 6.73. The molecule has 0 bridgehead atoms. The van der Waals surface area contributed by atoms with Gasteiger partial charge in [-0.3, -0.25) is 4.98 Å². The van der Waals surface area contributed by atoms with Crippen LogP contribution in [0.15, 0.2) is 60.4 Å². The highest BCUT2D eigenvalue weighted by Crippen LogP contribution is 2.16. The highest BCUT2D eigenvalue weighted by molar-refractivity contribution is 5.90. The van der Waals surface area contributed by atoms with Gasteiger partial charge in [-0.05, 0) is 56.3 Å². The van der Waals surface area contributed by atoms with Gasteiger partial charge in [0.2, 0.25) is 0 Å². The van der Waals surface area contributed by atoms with Crippen LogP contribution in [0.25, 0.3) is 0 Å². The predicted molar refractivity (Wildman–Crippen MR) is 83.7 cm³/mol. The number of hydrogen-bond acceptors (Lipinski definition) is 4. The smallest absolute Gasteiger partial charge is 0.338 e. The van der Waals surface area contributed by atoms with E-state index in [2.05, 4.69) is 10.3 Å². The quantitative estimate of drug-likeness (QED) is 0.666. The summed E-state index contributed by atoms with van der Waals surface area (Å²) in [7, 11) is 0. The zero-order valence-corrected chi connectivity index (χ0v) is 12.2. The van der Waals surface area contributed by atoms with Gasteiger partial charge < -0.3 is 10.1 Å². The first kappa shape index (κ1) is 14.8. The van der Waals surface area contributed by atoms with Crippen LogP contribution >= 0.6 is 0 Å². The van der Waals surface area contributed by atoms with Crippen molar-refractivity contribution in [1.82, 2.24) is 4.98 Å². The van der Waals surface area contributed by atoms with E-state index in [4.69, 9.17) is 4.74 Å². The van der Waals surface area contributed by atoms with Crippen LogP contribution < -0.4 is 5.32 Å². The molecule has 0 aliphatic carbocycles. The molecule has 21 heavy (non-hydrogen) atoms. The fourth-order valence-electron chi connectivity index (χ4n) is 1.66. The van der Waals surface area contributed by atoms with E-state index in [1.807, 2.05) is 44.2 Å². The number of allylic oxidation sites excluding steroid dienone is 1. The number of ether oxygens (including phenoxy) is 1. The lowest BCUT2D eigenvalue weighted by Crippen LogP contribution is -2.05. The van der Waals surface area contributed by atoms with Crippen molar-refractivity contribution >= 4 is 17.3 Å². The van der Waals surface area contributed by atoms with E-state index in [0.717, 1.165) is 16.9 Å². The van der Waals surface area contributed by atoms with Crippen LogP contribution in [0.2, 0.25) is 0 Å². The second-order valence-electron chi connectivity index (χ2n) is 4.82. The molecule has 2 aromatic rings. The molecule has 0 amide bonds. The van der Waals surface area contributed by atoms with Crippen molar-refractivity contribution in [1.29, 1.82) is 0 Å². The van der Waals surface area contributed by atoms with Gasteiger partial charge in [-0.1, -0.05) is 5.57 Å². The van der Waals surface area contributed by atoms with Crippen molar-refractivity contribution < 1.29 is 9.53 Å². The number of pyridine rings is 1. The summed E-state index contributed by atoms with van der Waals surface area (Å²) in [5.41, 5.74) is 3.52. The average Bonchev–Trinajstić information content (AvgIpc) is 2.48. The van der Waals surface area contributed by atoms with Crippen molar-refractivity contribution in [3.05, 3.63) is 66.0 Å². The molecule has 1 aromatic carbocycles. The normalized spacial score (nSPS) is 9.81. The monoisotopic (exact) mass is 282 g/mol. The van der Waals surface area contributed by atoms with Crippen LogP contribution in [0.4, 0.5) is 11.4 Å². The van der Waals surface area contributed by atoms with Gasteiger partial charge in [-0.15, -0.1) is 0 Å². The Morgan fingerprint density at radius 1 is 1.10 bits per heavy atom. The van der Waals surface area contributed by atoms with Crippen molar-refractivity contribution in [3.63, 3.8) is 0 Å². The summed E-state index contributed by atoms with van der Waals surface area (Å²) in [6.07, 6.45) is 5.31. The summed E-state index contributed by atoms with van der Waals surface area (Å²) in [5.74, 6) is -0.317. The van der Waals surface area contributed by atoms with Crippen molar-refractivity contribution in [2.24, 2.45) is 0 Å². The van der Waals surface area contributed by atoms with Gasteiger partial charge in [0.05, 0.1) is 5.56 Å². The van der Waals surface area contributed by atoms with E-state index >= 15 is 0 Å². The van der Waals surface area contributed by atoms with Gasteiger partial charge >= 0.3 is 5.97 Å². The van der Waals surface area contributed by atoms with E-state index in [1.54, 1.807) is 24.5 Å². The lowest BCUT2D eigenvalue weighted by molar-refractivity contribution is 0.0549. The Labute approximate surface area is 124 Å². The average molecular weight is 282 g/mol. The molecule has 0 saturated carbocycles. The molecule has 4 nitrogen and oxygen atoms in total. The summed E-state index contributed by atoms with van der Waals surface area (Å²) >= 11 is 0. The molecule has 1 aromatic heterocycles. The number of aromatic nitrogens is 1. The molecule has 0 fully saturated rings. The Bertz CT molecular complexity index is 615. The summed E-state index contributed by atoms with van der Waals surface area (Å²) in [5, 5.41) is 3.23. The number of esters is 1. The van der Waals surface area contributed by atoms with Crippen LogP contribution in [-0.2, 0) is 4.74 Å². The second kappa shape index (κ2) is 7.24. The summed E-state index contributed by atoms with van der Waals surface area (Å²) < 4.78 is 5.15. The molecule has 1 N–H and O–H groups in total. The maximum Gasteiger partial charge on any atom is 0.338 e. The largest absolute Gasteiger partial charge is 0.458 e. The Kier molecular flexibility index (Phi) is 5.10. The van der Waals surface area contributed by atoms with E-state index in [9.17, 15) is 4.79 Å². The summed E-state index contributed by atoms with van der Waals surface area (Å²) in [6.45, 7) is 4.24. The topological polar surface area (TPSA) is 51.2 Å². The Morgan fingerprint density at radius 2 is 1.71 bits per heavy atom. The van der Waals surface area contributed by atoms with Crippen LogP contribution in [0.3, 0.4) is 0 Å². The van der Waals surface area contributed by atoms with Crippen LogP contribution in [0, 0.1) is 0 Å². The number of carbonyl (C=O) groups excluding carboxylic acids is 1. The maximum atomic E-state index is 11.8. The number of benzene rings is 1. The number of nitrogens with zero attached hydrogens (tertiary/aromatic N) is 1. The molecule has 0 saturated heterocycles. The van der Waals surface area contributed by atoms with Gasteiger partial charge in [0, 0.05) is 23.8 Å². The van der Waals surface area contributed by atoms with Crippen molar-refractivity contribution in [3.8, 4) is 0 Å². The molecule has 0 aliphatic rings. The lowest BCUT2D eigenvalue weighted by Gasteiger charge is -2.07. The number of rotatable bonds is 5. The summed E-state index contributed by atoms with van der Waals surface area (Å²) in [6, 6.07) is 10.9. The highest BCUT2D eigenvalue weighted by Gasteiger charge is 2.06.